The van der Waals surface area contributed by atoms with Crippen LogP contribution in [0.5, 0.6) is 0 Å². The lowest BCUT2D eigenvalue weighted by molar-refractivity contribution is -0.281. The summed E-state index contributed by atoms with van der Waals surface area (Å²) in [5.41, 5.74) is 7.84. The number of carbonyl (C=O) groups excluding carboxylic acids is 4. The van der Waals surface area contributed by atoms with Crippen LogP contribution >= 0.6 is 0 Å². The van der Waals surface area contributed by atoms with Crippen molar-refractivity contribution in [2.75, 3.05) is 32.1 Å². The van der Waals surface area contributed by atoms with Gasteiger partial charge in [-0.2, -0.15) is 0 Å². The highest BCUT2D eigenvalue weighted by Gasteiger charge is 2.50. The van der Waals surface area contributed by atoms with Crippen LogP contribution in [0, 0.1) is 5.92 Å². The number of esters is 3. The van der Waals surface area contributed by atoms with E-state index in [1.807, 2.05) is 6.92 Å². The lowest BCUT2D eigenvalue weighted by Crippen LogP contribution is -2.58. The molecule has 2 fully saturated rings. The first-order valence-electron chi connectivity index (χ1n) is 23.3. The van der Waals surface area contributed by atoms with Crippen LogP contribution in [0.25, 0.3) is 11.2 Å². The highest BCUT2D eigenvalue weighted by molar-refractivity contribution is 5.91. The average Bonchev–Trinajstić information content (AvgIpc) is 3.94. The Morgan fingerprint density at radius 2 is 1.31 bits per heavy atom. The molecule has 18 nitrogen and oxygen atoms in total. The molecule has 0 radical (unpaired) electrons. The molecular formula is C50H60N6O12. The van der Waals surface area contributed by atoms with Crippen LogP contribution in [0.2, 0.25) is 0 Å². The zero-order chi connectivity index (χ0) is 47.8. The first-order chi connectivity index (χ1) is 33.1. The number of imidazole rings is 1. The minimum atomic E-state index is -1.18. The van der Waals surface area contributed by atoms with Crippen molar-refractivity contribution in [2.24, 2.45) is 5.92 Å². The number of aliphatic hydroxyl groups excluding tert-OH is 1. The van der Waals surface area contributed by atoms with E-state index in [0.29, 0.717) is 61.1 Å². The Hall–Kier alpha value is -6.31. The number of nitrogens with two attached hydrogens (primary N) is 1. The zero-order valence-electron chi connectivity index (χ0n) is 38.3. The van der Waals surface area contributed by atoms with Crippen molar-refractivity contribution < 1.29 is 57.4 Å². The van der Waals surface area contributed by atoms with Gasteiger partial charge in [0.25, 0.3) is 0 Å². The molecule has 4 heterocycles. The molecule has 4 N–H and O–H groups in total. The molecule has 0 aliphatic carbocycles. The Morgan fingerprint density at radius 1 is 0.706 bits per heavy atom. The highest BCUT2D eigenvalue weighted by atomic mass is 16.7. The SMILES string of the molecule is CC[C@H]1O[C@@H](n2cnc3c(N)ncnc32)C(OCCCCCCNC(=O)CCCCO[C@@H]2O[C@H](COC(=O)c3ccccc3)[C@H](OC(=O)c3ccccc3)[C@H](OC(=O)c3ccccc3)[C@H]2C)[C@H]1O. The van der Waals surface area contributed by atoms with Gasteiger partial charge in [-0.3, -0.25) is 9.36 Å². The smallest absolute Gasteiger partial charge is 0.338 e. The van der Waals surface area contributed by atoms with Gasteiger partial charge >= 0.3 is 17.9 Å². The highest BCUT2D eigenvalue weighted by Crippen LogP contribution is 2.36. The van der Waals surface area contributed by atoms with Gasteiger partial charge in [0.15, 0.2) is 30.1 Å². The van der Waals surface area contributed by atoms with Crippen LogP contribution in [0.3, 0.4) is 0 Å². The number of fused-ring (bicyclic) bond motifs is 1. The molecule has 0 spiro atoms. The molecule has 2 aliphatic rings. The topological polar surface area (TPSA) is 235 Å². The lowest BCUT2D eigenvalue weighted by Gasteiger charge is -2.44. The van der Waals surface area contributed by atoms with Crippen LogP contribution in [0.1, 0.15) is 103 Å². The van der Waals surface area contributed by atoms with Gasteiger partial charge in [0.2, 0.25) is 5.91 Å². The van der Waals surface area contributed by atoms with E-state index in [0.717, 1.165) is 25.7 Å². The quantitative estimate of drug-likeness (QED) is 0.0387. The molecule has 7 rings (SSSR count). The Morgan fingerprint density at radius 3 is 1.97 bits per heavy atom. The monoisotopic (exact) mass is 936 g/mol. The van der Waals surface area contributed by atoms with E-state index in [9.17, 15) is 24.3 Å². The van der Waals surface area contributed by atoms with Crippen LogP contribution in [0.4, 0.5) is 5.82 Å². The summed E-state index contributed by atoms with van der Waals surface area (Å²) in [6.45, 7) is 4.55. The molecule has 2 saturated heterocycles. The maximum atomic E-state index is 13.5. The molecule has 362 valence electrons. The van der Waals surface area contributed by atoms with E-state index in [1.54, 1.807) is 109 Å². The van der Waals surface area contributed by atoms with Gasteiger partial charge < -0.3 is 49.3 Å². The molecule has 3 aromatic carbocycles. The van der Waals surface area contributed by atoms with Gasteiger partial charge in [0.05, 0.1) is 29.1 Å². The van der Waals surface area contributed by atoms with E-state index in [2.05, 4.69) is 20.3 Å². The van der Waals surface area contributed by atoms with Gasteiger partial charge in [-0.15, -0.1) is 0 Å². The summed E-state index contributed by atoms with van der Waals surface area (Å²) in [4.78, 5) is 65.4. The number of hydrogen-bond donors (Lipinski definition) is 3. The normalized spacial score (nSPS) is 23.5. The van der Waals surface area contributed by atoms with Crippen molar-refractivity contribution in [1.82, 2.24) is 24.8 Å². The number of nitrogens with one attached hydrogen (secondary N) is 1. The summed E-state index contributed by atoms with van der Waals surface area (Å²) in [6, 6.07) is 25.3. The summed E-state index contributed by atoms with van der Waals surface area (Å²) in [5.74, 6) is -2.37. The van der Waals surface area contributed by atoms with Crippen molar-refractivity contribution in [1.29, 1.82) is 0 Å². The number of carbonyl (C=O) groups is 4. The molecule has 5 aromatic rings. The fraction of sp³-hybridized carbons (Fsp3) is 0.460. The average molecular weight is 937 g/mol. The number of aliphatic hydroxyl groups is 1. The molecule has 2 aliphatic heterocycles. The maximum Gasteiger partial charge on any atom is 0.338 e. The summed E-state index contributed by atoms with van der Waals surface area (Å²) in [6.07, 6.45) is 1.50. The molecule has 18 heteroatoms. The Labute approximate surface area is 394 Å². The van der Waals surface area contributed by atoms with Crippen LogP contribution < -0.4 is 11.1 Å². The number of nitrogen functional groups attached to an aromatic ring is 1. The van der Waals surface area contributed by atoms with Gasteiger partial charge in [0, 0.05) is 32.1 Å². The molecule has 0 bridgehead atoms. The molecule has 68 heavy (non-hydrogen) atoms. The number of ether oxygens (including phenoxy) is 7. The second-order valence-electron chi connectivity index (χ2n) is 16.8. The Kier molecular flexibility index (Phi) is 18.0. The first kappa shape index (κ1) is 49.6. The number of rotatable bonds is 23. The fourth-order valence-electron chi connectivity index (χ4n) is 8.25. The minimum Gasteiger partial charge on any atom is -0.459 e. The standard InChI is InChI=1S/C50H60N6O12/c1-3-36-40(58)43(46(65-36)56-31-55-39-44(51)53-30-54-45(39)56)62-27-17-5-4-16-26-52-38(57)25-15-18-28-63-50-32(2)41(67-48(60)34-21-11-7-12-22-34)42(68-49(61)35-23-13-8-14-24-35)37(66-50)29-64-47(59)33-19-9-6-10-20-33/h6-14,19-24,30-32,36-37,40-43,46,50,58H,3-5,15-18,25-29H2,1-2H3,(H,52,57)(H2,51,53,54)/t32-,36-,37-,40+,41-,42+,43?,46-,50-/m1/s1. The van der Waals surface area contributed by atoms with Gasteiger partial charge in [0.1, 0.15) is 42.9 Å². The van der Waals surface area contributed by atoms with E-state index in [1.165, 1.54) is 6.33 Å². The lowest BCUT2D eigenvalue weighted by atomic mass is 9.91. The van der Waals surface area contributed by atoms with E-state index >= 15 is 0 Å². The maximum absolute atomic E-state index is 13.5. The minimum absolute atomic E-state index is 0.0716. The molecule has 0 saturated carbocycles. The fourth-order valence-corrected chi connectivity index (χ4v) is 8.25. The summed E-state index contributed by atoms with van der Waals surface area (Å²) >= 11 is 0. The summed E-state index contributed by atoms with van der Waals surface area (Å²) < 4.78 is 44.5. The van der Waals surface area contributed by atoms with Crippen LogP contribution in [-0.2, 0) is 38.0 Å². The third kappa shape index (κ3) is 12.8. The predicted molar refractivity (Wildman–Crippen MR) is 247 cm³/mol. The molecule has 9 atom stereocenters. The number of nitrogens with zero attached hydrogens (tertiary/aromatic N) is 4. The van der Waals surface area contributed by atoms with Gasteiger partial charge in [-0.25, -0.2) is 29.3 Å². The van der Waals surface area contributed by atoms with Crippen LogP contribution in [0.15, 0.2) is 104 Å². The Bertz CT molecular complexity index is 2390. The third-order valence-electron chi connectivity index (χ3n) is 12.0. The van der Waals surface area contributed by atoms with E-state index < -0.39 is 73.0 Å². The number of unbranched alkanes of at least 4 members (excludes halogenated alkanes) is 4. The van der Waals surface area contributed by atoms with Crippen LogP contribution in [-0.4, -0.2) is 118 Å². The van der Waals surface area contributed by atoms with Crippen molar-refractivity contribution in [3.8, 4) is 0 Å². The number of hydrogen-bond acceptors (Lipinski definition) is 16. The number of anilines is 1. The van der Waals surface area contributed by atoms with Gasteiger partial charge in [-0.1, -0.05) is 81.3 Å². The molecule has 2 aromatic heterocycles. The molecule has 1 amide bonds. The Balaban J connectivity index is 0.857. The third-order valence-corrected chi connectivity index (χ3v) is 12.0. The number of amides is 1. The summed E-state index contributed by atoms with van der Waals surface area (Å²) in [7, 11) is 0. The summed E-state index contributed by atoms with van der Waals surface area (Å²) in [5, 5.41) is 14.0. The van der Waals surface area contributed by atoms with Crippen molar-refractivity contribution in [2.45, 2.75) is 114 Å². The number of aromatic nitrogens is 4. The zero-order valence-corrected chi connectivity index (χ0v) is 38.3. The van der Waals surface area contributed by atoms with E-state index in [4.69, 9.17) is 38.9 Å². The second-order valence-corrected chi connectivity index (χ2v) is 16.8. The van der Waals surface area contributed by atoms with Crippen molar-refractivity contribution >= 4 is 40.8 Å². The largest absolute Gasteiger partial charge is 0.459 e. The second kappa shape index (κ2) is 24.6. The van der Waals surface area contributed by atoms with Crippen molar-refractivity contribution in [3.63, 3.8) is 0 Å². The first-order valence-corrected chi connectivity index (χ1v) is 23.3. The molecular weight excluding hydrogens is 877 g/mol. The number of benzene rings is 3. The predicted octanol–water partition coefficient (Wildman–Crippen LogP) is 5.99. The van der Waals surface area contributed by atoms with Crippen molar-refractivity contribution in [3.05, 3.63) is 120 Å². The molecule has 1 unspecified atom stereocenters. The van der Waals surface area contributed by atoms with E-state index in [-0.39, 0.29) is 30.5 Å². The van der Waals surface area contributed by atoms with Gasteiger partial charge in [-0.05, 0) is 68.5 Å².